The van der Waals surface area contributed by atoms with Crippen molar-refractivity contribution in [1.29, 1.82) is 0 Å². The summed E-state index contributed by atoms with van der Waals surface area (Å²) >= 11 is 0. The molecule has 2 fully saturated rings. The number of aliphatic hydroxyl groups is 1. The quantitative estimate of drug-likeness (QED) is 0.857. The predicted octanol–water partition coefficient (Wildman–Crippen LogP) is 1.32. The maximum Gasteiger partial charge on any atom is 0.142 e. The van der Waals surface area contributed by atoms with Gasteiger partial charge in [-0.15, -0.1) is 0 Å². The number of nitrogens with zero attached hydrogens (tertiary/aromatic N) is 2. The number of para-hydroxylation sites is 2. The van der Waals surface area contributed by atoms with E-state index in [2.05, 4.69) is 27.2 Å². The van der Waals surface area contributed by atoms with Crippen molar-refractivity contribution in [1.82, 2.24) is 10.2 Å². The van der Waals surface area contributed by atoms with Crippen molar-refractivity contribution in [2.75, 3.05) is 57.3 Å². The number of hydrogen-bond donors (Lipinski definition) is 2. The zero-order valence-corrected chi connectivity index (χ0v) is 14.1. The van der Waals surface area contributed by atoms with Crippen LogP contribution in [0.3, 0.4) is 0 Å². The minimum Gasteiger partial charge on any atom is -0.492 e. The van der Waals surface area contributed by atoms with Crippen LogP contribution in [0.2, 0.25) is 0 Å². The molecule has 1 aromatic rings. The second-order valence-electron chi connectivity index (χ2n) is 6.67. The van der Waals surface area contributed by atoms with E-state index >= 15 is 0 Å². The molecule has 1 atom stereocenters. The number of nitrogens with one attached hydrogen (secondary N) is 1. The summed E-state index contributed by atoms with van der Waals surface area (Å²) in [5, 5.41) is 14.0. The van der Waals surface area contributed by atoms with Crippen LogP contribution in [-0.2, 0) is 0 Å². The highest BCUT2D eigenvalue weighted by Crippen LogP contribution is 2.29. The lowest BCUT2D eigenvalue weighted by atomic mass is 9.93. The highest BCUT2D eigenvalue weighted by molar-refractivity contribution is 5.58. The zero-order valence-electron chi connectivity index (χ0n) is 14.1. The van der Waals surface area contributed by atoms with Crippen molar-refractivity contribution < 1.29 is 9.84 Å². The Morgan fingerprint density at radius 2 is 2.00 bits per heavy atom. The Hall–Kier alpha value is -1.30. The molecular weight excluding hydrogens is 290 g/mol. The fourth-order valence-corrected chi connectivity index (χ4v) is 3.65. The first kappa shape index (κ1) is 16.6. The maximum atomic E-state index is 10.7. The molecule has 2 aliphatic heterocycles. The number of piperazine rings is 1. The van der Waals surface area contributed by atoms with Gasteiger partial charge in [-0.1, -0.05) is 12.1 Å². The summed E-state index contributed by atoms with van der Waals surface area (Å²) in [5.74, 6) is 0.971. The van der Waals surface area contributed by atoms with Crippen LogP contribution in [0.5, 0.6) is 5.75 Å². The van der Waals surface area contributed by atoms with Crippen molar-refractivity contribution in [2.45, 2.75) is 25.4 Å². The highest BCUT2D eigenvalue weighted by atomic mass is 16.5. The maximum absolute atomic E-state index is 10.7. The SMILES string of the molecule is CCOc1ccccc1N1CCN(C[C@@]2(O)CCCNC2)CC1. The molecule has 3 rings (SSSR count). The van der Waals surface area contributed by atoms with Gasteiger partial charge in [0.2, 0.25) is 0 Å². The third-order valence-corrected chi connectivity index (χ3v) is 4.85. The van der Waals surface area contributed by atoms with Crippen molar-refractivity contribution in [3.63, 3.8) is 0 Å². The summed E-state index contributed by atoms with van der Waals surface area (Å²) in [5.41, 5.74) is 0.635. The smallest absolute Gasteiger partial charge is 0.142 e. The van der Waals surface area contributed by atoms with Gasteiger partial charge in [-0.25, -0.2) is 0 Å². The van der Waals surface area contributed by atoms with Gasteiger partial charge < -0.3 is 20.1 Å². The molecule has 2 saturated heterocycles. The molecule has 2 aliphatic rings. The van der Waals surface area contributed by atoms with Gasteiger partial charge in [-0.3, -0.25) is 4.90 Å². The molecular formula is C18H29N3O2. The van der Waals surface area contributed by atoms with Gasteiger partial charge >= 0.3 is 0 Å². The molecule has 0 amide bonds. The largest absolute Gasteiger partial charge is 0.492 e. The Bertz CT molecular complexity index is 495. The minimum absolute atomic E-state index is 0.552. The fourth-order valence-electron chi connectivity index (χ4n) is 3.65. The molecule has 0 bridgehead atoms. The van der Waals surface area contributed by atoms with E-state index in [-0.39, 0.29) is 0 Å². The first-order valence-electron chi connectivity index (χ1n) is 8.82. The summed E-state index contributed by atoms with van der Waals surface area (Å²) in [7, 11) is 0. The molecule has 2 N–H and O–H groups in total. The van der Waals surface area contributed by atoms with Crippen LogP contribution in [0.1, 0.15) is 19.8 Å². The van der Waals surface area contributed by atoms with Crippen LogP contribution in [0.15, 0.2) is 24.3 Å². The van der Waals surface area contributed by atoms with Gasteiger partial charge in [0.1, 0.15) is 5.75 Å². The Kier molecular flexibility index (Phi) is 5.41. The normalized spacial score (nSPS) is 26.3. The summed E-state index contributed by atoms with van der Waals surface area (Å²) in [6.07, 6.45) is 1.98. The van der Waals surface area contributed by atoms with Crippen molar-refractivity contribution in [3.05, 3.63) is 24.3 Å². The van der Waals surface area contributed by atoms with Crippen LogP contribution >= 0.6 is 0 Å². The van der Waals surface area contributed by atoms with E-state index in [1.165, 1.54) is 5.69 Å². The molecule has 0 spiro atoms. The molecule has 0 aromatic heterocycles. The zero-order chi connectivity index (χ0) is 16.1. The second-order valence-corrected chi connectivity index (χ2v) is 6.67. The lowest BCUT2D eigenvalue weighted by Gasteiger charge is -2.42. The molecule has 23 heavy (non-hydrogen) atoms. The highest BCUT2D eigenvalue weighted by Gasteiger charge is 2.32. The van der Waals surface area contributed by atoms with Crippen molar-refractivity contribution >= 4 is 5.69 Å². The number of piperidine rings is 1. The number of hydrogen-bond acceptors (Lipinski definition) is 5. The Balaban J connectivity index is 1.56. The van der Waals surface area contributed by atoms with Crippen LogP contribution < -0.4 is 15.0 Å². The van der Waals surface area contributed by atoms with Crippen LogP contribution in [0.4, 0.5) is 5.69 Å². The van der Waals surface area contributed by atoms with Gasteiger partial charge in [-0.05, 0) is 38.4 Å². The third-order valence-electron chi connectivity index (χ3n) is 4.85. The Labute approximate surface area is 139 Å². The summed E-state index contributed by atoms with van der Waals surface area (Å²) < 4.78 is 5.75. The number of anilines is 1. The van der Waals surface area contributed by atoms with Gasteiger partial charge in [0.05, 0.1) is 17.9 Å². The predicted molar refractivity (Wildman–Crippen MR) is 93.3 cm³/mol. The molecule has 0 unspecified atom stereocenters. The number of ether oxygens (including phenoxy) is 1. The minimum atomic E-state index is -0.552. The topological polar surface area (TPSA) is 48.0 Å². The lowest BCUT2D eigenvalue weighted by molar-refractivity contribution is -0.0164. The monoisotopic (exact) mass is 319 g/mol. The third kappa shape index (κ3) is 4.16. The standard InChI is InChI=1S/C18H29N3O2/c1-2-23-17-7-4-3-6-16(17)21-12-10-20(11-13-21)15-18(22)8-5-9-19-14-18/h3-4,6-7,19,22H,2,5,8-15H2,1H3/t18-/m1/s1. The van der Waals surface area contributed by atoms with Crippen LogP contribution in [0, 0.1) is 0 Å². The van der Waals surface area contributed by atoms with Crippen LogP contribution in [-0.4, -0.2) is 68.0 Å². The van der Waals surface area contributed by atoms with Gasteiger partial charge in [0.25, 0.3) is 0 Å². The average Bonchev–Trinajstić information content (AvgIpc) is 2.57. The van der Waals surface area contributed by atoms with Gasteiger partial charge in [0, 0.05) is 39.3 Å². The Morgan fingerprint density at radius 3 is 2.70 bits per heavy atom. The second kappa shape index (κ2) is 7.51. The molecule has 5 nitrogen and oxygen atoms in total. The van der Waals surface area contributed by atoms with E-state index in [0.29, 0.717) is 6.61 Å². The lowest BCUT2D eigenvalue weighted by Crippen LogP contribution is -2.56. The van der Waals surface area contributed by atoms with Crippen LogP contribution in [0.25, 0.3) is 0 Å². The molecule has 2 heterocycles. The summed E-state index contributed by atoms with van der Waals surface area (Å²) in [6, 6.07) is 8.28. The van der Waals surface area contributed by atoms with E-state index in [1.54, 1.807) is 0 Å². The van der Waals surface area contributed by atoms with Crippen molar-refractivity contribution in [3.8, 4) is 5.75 Å². The van der Waals surface area contributed by atoms with E-state index in [1.807, 2.05) is 19.1 Å². The first-order valence-corrected chi connectivity index (χ1v) is 8.82. The van der Waals surface area contributed by atoms with E-state index in [9.17, 15) is 5.11 Å². The molecule has 0 saturated carbocycles. The first-order chi connectivity index (χ1) is 11.2. The number of rotatable bonds is 5. The molecule has 5 heteroatoms. The van der Waals surface area contributed by atoms with Gasteiger partial charge in [0.15, 0.2) is 0 Å². The van der Waals surface area contributed by atoms with E-state index in [0.717, 1.165) is 64.4 Å². The average molecular weight is 319 g/mol. The molecule has 0 aliphatic carbocycles. The number of β-amino-alcohol motifs (C(OH)–C–C–N with tert-alkyl or cyclic N) is 1. The fraction of sp³-hybridized carbons (Fsp3) is 0.667. The van der Waals surface area contributed by atoms with Crippen molar-refractivity contribution in [2.24, 2.45) is 0 Å². The Morgan fingerprint density at radius 1 is 1.22 bits per heavy atom. The molecule has 0 radical (unpaired) electrons. The van der Waals surface area contributed by atoms with E-state index < -0.39 is 5.60 Å². The van der Waals surface area contributed by atoms with Gasteiger partial charge in [-0.2, -0.15) is 0 Å². The summed E-state index contributed by atoms with van der Waals surface area (Å²) in [4.78, 5) is 4.79. The summed E-state index contributed by atoms with van der Waals surface area (Å²) in [6.45, 7) is 9.18. The molecule has 128 valence electrons. The van der Waals surface area contributed by atoms with E-state index in [4.69, 9.17) is 4.74 Å². The number of benzene rings is 1. The molecule has 1 aromatic carbocycles.